The minimum atomic E-state index is -0.0456. The van der Waals surface area contributed by atoms with Crippen LogP contribution in [0, 0.1) is 5.92 Å². The molecule has 0 saturated carbocycles. The average molecular weight is 312 g/mol. The first-order chi connectivity index (χ1) is 11.3. The molecule has 0 spiro atoms. The van der Waals surface area contributed by atoms with Crippen LogP contribution in [0.1, 0.15) is 29.0 Å². The zero-order valence-corrected chi connectivity index (χ0v) is 13.1. The first-order valence-electron chi connectivity index (χ1n) is 7.81. The summed E-state index contributed by atoms with van der Waals surface area (Å²) in [6.45, 7) is 1.49. The molecule has 3 rings (SSSR count). The Bertz CT molecular complexity index is 663. The zero-order valence-electron chi connectivity index (χ0n) is 13.1. The normalized spacial score (nSPS) is 17.8. The number of piperidine rings is 1. The van der Waals surface area contributed by atoms with Crippen molar-refractivity contribution in [3.63, 3.8) is 0 Å². The molecule has 0 bridgehead atoms. The highest BCUT2D eigenvalue weighted by molar-refractivity contribution is 5.92. The number of hydrogen-bond acceptors (Lipinski definition) is 6. The van der Waals surface area contributed by atoms with E-state index in [0.29, 0.717) is 11.6 Å². The number of carbonyl (C=O) groups excluding carboxylic acids is 1. The van der Waals surface area contributed by atoms with Gasteiger partial charge in [0.05, 0.1) is 11.9 Å². The standard InChI is InChI=1S/C16H20N6O/c1-17-15-13(19-6-7-21-15)9-12-3-2-8-22(11-12)16(23)14-10-18-4-5-20-14/h4-7,10,12H,2-3,8-9,11H2,1H3,(H,17,21)/t12-/m1/s1. The summed E-state index contributed by atoms with van der Waals surface area (Å²) in [5.41, 5.74) is 1.36. The first kappa shape index (κ1) is 15.3. The summed E-state index contributed by atoms with van der Waals surface area (Å²) >= 11 is 0. The summed E-state index contributed by atoms with van der Waals surface area (Å²) in [5.74, 6) is 1.15. The fourth-order valence-electron chi connectivity index (χ4n) is 2.99. The Morgan fingerprint density at radius 2 is 2.09 bits per heavy atom. The number of nitrogens with one attached hydrogen (secondary N) is 1. The second-order valence-corrected chi connectivity index (χ2v) is 5.66. The van der Waals surface area contributed by atoms with Gasteiger partial charge in [-0.2, -0.15) is 0 Å². The molecule has 1 amide bonds. The van der Waals surface area contributed by atoms with Gasteiger partial charge in [0.1, 0.15) is 11.5 Å². The van der Waals surface area contributed by atoms with E-state index in [1.165, 1.54) is 6.20 Å². The molecule has 0 radical (unpaired) electrons. The highest BCUT2D eigenvalue weighted by Crippen LogP contribution is 2.23. The van der Waals surface area contributed by atoms with Gasteiger partial charge in [-0.05, 0) is 25.2 Å². The third-order valence-electron chi connectivity index (χ3n) is 4.08. The fourth-order valence-corrected chi connectivity index (χ4v) is 2.99. The molecule has 1 aliphatic heterocycles. The third-order valence-corrected chi connectivity index (χ3v) is 4.08. The minimum Gasteiger partial charge on any atom is -0.372 e. The summed E-state index contributed by atoms with van der Waals surface area (Å²) in [5, 5.41) is 3.07. The lowest BCUT2D eigenvalue weighted by molar-refractivity contribution is 0.0666. The highest BCUT2D eigenvalue weighted by Gasteiger charge is 2.26. The number of anilines is 1. The lowest BCUT2D eigenvalue weighted by atomic mass is 9.93. The Morgan fingerprint density at radius 3 is 2.87 bits per heavy atom. The predicted molar refractivity (Wildman–Crippen MR) is 85.9 cm³/mol. The van der Waals surface area contributed by atoms with E-state index < -0.39 is 0 Å². The summed E-state index contributed by atoms with van der Waals surface area (Å²) in [6, 6.07) is 0. The Labute approximate surface area is 135 Å². The zero-order chi connectivity index (χ0) is 16.1. The minimum absolute atomic E-state index is 0.0456. The molecule has 23 heavy (non-hydrogen) atoms. The van der Waals surface area contributed by atoms with Crippen molar-refractivity contribution < 1.29 is 4.79 Å². The number of likely N-dealkylation sites (tertiary alicyclic amines) is 1. The molecule has 7 nitrogen and oxygen atoms in total. The molecule has 0 unspecified atom stereocenters. The summed E-state index contributed by atoms with van der Waals surface area (Å²) < 4.78 is 0. The van der Waals surface area contributed by atoms with Crippen molar-refractivity contribution in [2.75, 3.05) is 25.5 Å². The van der Waals surface area contributed by atoms with Crippen molar-refractivity contribution in [1.29, 1.82) is 0 Å². The molecular formula is C16H20N6O. The summed E-state index contributed by atoms with van der Waals surface area (Å²) in [6.07, 6.45) is 10.9. The van der Waals surface area contributed by atoms with Crippen molar-refractivity contribution in [1.82, 2.24) is 24.8 Å². The van der Waals surface area contributed by atoms with Crippen LogP contribution in [-0.4, -0.2) is 50.9 Å². The molecular weight excluding hydrogens is 292 g/mol. The van der Waals surface area contributed by atoms with E-state index in [2.05, 4.69) is 25.3 Å². The average Bonchev–Trinajstić information content (AvgIpc) is 2.62. The summed E-state index contributed by atoms with van der Waals surface area (Å²) in [4.78, 5) is 31.2. The van der Waals surface area contributed by atoms with Crippen LogP contribution in [-0.2, 0) is 6.42 Å². The van der Waals surface area contributed by atoms with E-state index in [4.69, 9.17) is 0 Å². The maximum absolute atomic E-state index is 12.5. The van der Waals surface area contributed by atoms with Gasteiger partial charge in [0.2, 0.25) is 0 Å². The van der Waals surface area contributed by atoms with Crippen molar-refractivity contribution in [2.45, 2.75) is 19.3 Å². The monoisotopic (exact) mass is 312 g/mol. The molecule has 1 N–H and O–H groups in total. The van der Waals surface area contributed by atoms with E-state index in [1.807, 2.05) is 11.9 Å². The van der Waals surface area contributed by atoms with Gasteiger partial charge < -0.3 is 10.2 Å². The van der Waals surface area contributed by atoms with Crippen LogP contribution in [0.3, 0.4) is 0 Å². The largest absolute Gasteiger partial charge is 0.372 e. The molecule has 7 heteroatoms. The number of nitrogens with zero attached hydrogens (tertiary/aromatic N) is 5. The molecule has 2 aromatic rings. The van der Waals surface area contributed by atoms with Crippen LogP contribution < -0.4 is 5.32 Å². The maximum Gasteiger partial charge on any atom is 0.274 e. The van der Waals surface area contributed by atoms with Crippen LogP contribution in [0.25, 0.3) is 0 Å². The van der Waals surface area contributed by atoms with E-state index in [9.17, 15) is 4.79 Å². The quantitative estimate of drug-likeness (QED) is 0.919. The van der Waals surface area contributed by atoms with Gasteiger partial charge >= 0.3 is 0 Å². The molecule has 1 saturated heterocycles. The van der Waals surface area contributed by atoms with E-state index >= 15 is 0 Å². The van der Waals surface area contributed by atoms with Crippen molar-refractivity contribution >= 4 is 11.7 Å². The van der Waals surface area contributed by atoms with E-state index in [0.717, 1.165) is 43.9 Å². The molecule has 3 heterocycles. The lowest BCUT2D eigenvalue weighted by Gasteiger charge is -2.32. The van der Waals surface area contributed by atoms with Crippen molar-refractivity contribution in [3.8, 4) is 0 Å². The smallest absolute Gasteiger partial charge is 0.274 e. The van der Waals surface area contributed by atoms with Gasteiger partial charge in [-0.3, -0.25) is 14.8 Å². The summed E-state index contributed by atoms with van der Waals surface area (Å²) in [7, 11) is 1.85. The molecule has 2 aromatic heterocycles. The number of rotatable bonds is 4. The van der Waals surface area contributed by atoms with Crippen LogP contribution in [0.15, 0.2) is 31.0 Å². The van der Waals surface area contributed by atoms with E-state index in [-0.39, 0.29) is 5.91 Å². The highest BCUT2D eigenvalue weighted by atomic mass is 16.2. The molecule has 1 aliphatic rings. The number of hydrogen-bond donors (Lipinski definition) is 1. The van der Waals surface area contributed by atoms with Crippen molar-refractivity contribution in [3.05, 3.63) is 42.4 Å². The Kier molecular flexibility index (Phi) is 4.75. The number of carbonyl (C=O) groups is 1. The maximum atomic E-state index is 12.5. The Hall–Kier alpha value is -2.57. The Balaban J connectivity index is 1.68. The van der Waals surface area contributed by atoms with Crippen LogP contribution >= 0.6 is 0 Å². The van der Waals surface area contributed by atoms with Gasteiger partial charge in [0, 0.05) is 44.9 Å². The van der Waals surface area contributed by atoms with Crippen molar-refractivity contribution in [2.24, 2.45) is 5.92 Å². The van der Waals surface area contributed by atoms with Crippen LogP contribution in [0.4, 0.5) is 5.82 Å². The second-order valence-electron chi connectivity index (χ2n) is 5.66. The topological polar surface area (TPSA) is 83.9 Å². The molecule has 0 aliphatic carbocycles. The van der Waals surface area contributed by atoms with Crippen LogP contribution in [0.5, 0.6) is 0 Å². The molecule has 0 aromatic carbocycles. The molecule has 1 atom stereocenters. The lowest BCUT2D eigenvalue weighted by Crippen LogP contribution is -2.41. The van der Waals surface area contributed by atoms with Gasteiger partial charge in [-0.25, -0.2) is 9.97 Å². The predicted octanol–water partition coefficient (Wildman–Crippen LogP) is 1.40. The molecule has 1 fully saturated rings. The van der Waals surface area contributed by atoms with E-state index in [1.54, 1.807) is 24.8 Å². The van der Waals surface area contributed by atoms with Gasteiger partial charge in [0.15, 0.2) is 0 Å². The van der Waals surface area contributed by atoms with Gasteiger partial charge in [-0.15, -0.1) is 0 Å². The SMILES string of the molecule is CNc1nccnc1C[C@H]1CCCN(C(=O)c2cnccn2)C1. The second kappa shape index (κ2) is 7.13. The number of aromatic nitrogens is 4. The fraction of sp³-hybridized carbons (Fsp3) is 0.438. The first-order valence-corrected chi connectivity index (χ1v) is 7.81. The van der Waals surface area contributed by atoms with Gasteiger partial charge in [-0.1, -0.05) is 0 Å². The Morgan fingerprint density at radius 1 is 1.26 bits per heavy atom. The molecule has 120 valence electrons. The number of amides is 1. The van der Waals surface area contributed by atoms with Crippen LogP contribution in [0.2, 0.25) is 0 Å². The third kappa shape index (κ3) is 3.61. The van der Waals surface area contributed by atoms with Gasteiger partial charge in [0.25, 0.3) is 5.91 Å².